The van der Waals surface area contributed by atoms with Crippen molar-refractivity contribution in [2.75, 3.05) is 26.2 Å². The Morgan fingerprint density at radius 2 is 1.13 bits per heavy atom. The molecule has 2 nitrogen and oxygen atoms in total. The van der Waals surface area contributed by atoms with Crippen LogP contribution in [0.15, 0.2) is 0 Å². The van der Waals surface area contributed by atoms with E-state index in [1.54, 1.807) is 0 Å². The number of nitrogens with one attached hydrogen (secondary N) is 1. The number of rotatable bonds is 14. The van der Waals surface area contributed by atoms with Crippen LogP contribution in [-0.4, -0.2) is 35.4 Å². The quantitative estimate of drug-likeness (QED) is 0.222. The van der Waals surface area contributed by atoms with Crippen LogP contribution in [0.3, 0.4) is 0 Å². The van der Waals surface area contributed by atoms with Gasteiger partial charge in [0.25, 0.3) is 0 Å². The van der Waals surface area contributed by atoms with E-state index in [1.807, 2.05) is 0 Å². The molecule has 4 heteroatoms. The second kappa shape index (κ2) is 22.2. The van der Waals surface area contributed by atoms with E-state index in [-0.39, 0.29) is 0 Å². The van der Waals surface area contributed by atoms with Gasteiger partial charge in [0.2, 0.25) is 0 Å². The van der Waals surface area contributed by atoms with Gasteiger partial charge in [0, 0.05) is 13.1 Å². The lowest BCUT2D eigenvalue weighted by Crippen LogP contribution is -2.28. The highest BCUT2D eigenvalue weighted by Gasteiger charge is 2.03. The Morgan fingerprint density at radius 1 is 0.739 bits per heavy atom. The van der Waals surface area contributed by atoms with Gasteiger partial charge in [-0.1, -0.05) is 78.4 Å². The van der Waals surface area contributed by atoms with Crippen LogP contribution in [0.2, 0.25) is 0 Å². The van der Waals surface area contributed by atoms with Gasteiger partial charge in [0.1, 0.15) is 4.32 Å². The molecule has 0 spiro atoms. The molecule has 23 heavy (non-hydrogen) atoms. The van der Waals surface area contributed by atoms with Gasteiger partial charge in [-0.2, -0.15) is 0 Å². The van der Waals surface area contributed by atoms with Crippen molar-refractivity contribution in [2.24, 2.45) is 0 Å². The summed E-state index contributed by atoms with van der Waals surface area (Å²) in [7, 11) is 0. The first-order valence-electron chi connectivity index (χ1n) is 9.82. The summed E-state index contributed by atoms with van der Waals surface area (Å²) < 4.78 is 0.747. The first-order valence-corrected chi connectivity index (χ1v) is 10.7. The molecular weight excluding hydrogens is 320 g/mol. The number of unbranched alkanes of at least 4 members (excludes halogenated alkanes) is 6. The normalized spacial score (nSPS) is 10.1. The van der Waals surface area contributed by atoms with Crippen molar-refractivity contribution in [1.82, 2.24) is 10.2 Å². The molecule has 0 saturated heterocycles. The maximum absolute atomic E-state index is 5.03. The van der Waals surface area contributed by atoms with Crippen LogP contribution >= 0.6 is 24.8 Å². The lowest BCUT2D eigenvalue weighted by Gasteiger charge is -2.21. The molecular formula is C19H42N2S2. The maximum Gasteiger partial charge on any atom is 0.133 e. The third kappa shape index (κ3) is 22.2. The highest BCUT2D eigenvalue weighted by molar-refractivity contribution is 8.10. The first-order chi connectivity index (χ1) is 11.1. The summed E-state index contributed by atoms with van der Waals surface area (Å²) >= 11 is 9.23. The van der Waals surface area contributed by atoms with Gasteiger partial charge in [-0.05, 0) is 38.8 Å². The minimum atomic E-state index is 0.747. The van der Waals surface area contributed by atoms with Crippen molar-refractivity contribution >= 4 is 29.2 Å². The number of hydrogen-bond donors (Lipinski definition) is 2. The zero-order valence-corrected chi connectivity index (χ0v) is 17.9. The number of hydrogen-bond acceptors (Lipinski definition) is 2. The van der Waals surface area contributed by atoms with Gasteiger partial charge >= 0.3 is 0 Å². The smallest absolute Gasteiger partial charge is 0.133 e. The molecule has 0 aromatic carbocycles. The average molecular weight is 363 g/mol. The van der Waals surface area contributed by atoms with Crippen molar-refractivity contribution in [3.05, 3.63) is 0 Å². The fourth-order valence-corrected chi connectivity index (χ4v) is 2.51. The Hall–Kier alpha value is 0.200. The molecule has 0 aromatic heterocycles. The van der Waals surface area contributed by atoms with Crippen LogP contribution in [-0.2, 0) is 0 Å². The second-order valence-corrected chi connectivity index (χ2v) is 7.25. The van der Waals surface area contributed by atoms with E-state index in [0.29, 0.717) is 0 Å². The highest BCUT2D eigenvalue weighted by atomic mass is 32.1. The fraction of sp³-hybridized carbons (Fsp3) is 0.947. The molecule has 0 aliphatic carbocycles. The summed E-state index contributed by atoms with van der Waals surface area (Å²) in [6.07, 6.45) is 13.0. The van der Waals surface area contributed by atoms with E-state index in [4.69, 9.17) is 12.2 Å². The SMILES string of the molecule is CCCCCNCCCCC.CCCCN(CCCC)C(=S)S. The Labute approximate surface area is 157 Å². The van der Waals surface area contributed by atoms with Gasteiger partial charge < -0.3 is 10.2 Å². The molecule has 140 valence electrons. The lowest BCUT2D eigenvalue weighted by atomic mass is 10.2. The lowest BCUT2D eigenvalue weighted by molar-refractivity contribution is 0.411. The van der Waals surface area contributed by atoms with E-state index in [2.05, 4.69) is 50.5 Å². The molecule has 0 saturated carbocycles. The van der Waals surface area contributed by atoms with E-state index < -0.39 is 0 Å². The molecule has 0 bridgehead atoms. The number of thiol groups is 1. The molecule has 0 aliphatic rings. The van der Waals surface area contributed by atoms with Gasteiger partial charge in [-0.3, -0.25) is 0 Å². The molecule has 0 atom stereocenters. The van der Waals surface area contributed by atoms with Crippen molar-refractivity contribution in [1.29, 1.82) is 0 Å². The monoisotopic (exact) mass is 362 g/mol. The maximum atomic E-state index is 5.03. The van der Waals surface area contributed by atoms with E-state index >= 15 is 0 Å². The fourth-order valence-electron chi connectivity index (χ4n) is 2.13. The van der Waals surface area contributed by atoms with Crippen LogP contribution in [0.25, 0.3) is 0 Å². The minimum absolute atomic E-state index is 0.747. The molecule has 0 unspecified atom stereocenters. The van der Waals surface area contributed by atoms with Crippen molar-refractivity contribution in [2.45, 2.75) is 91.9 Å². The van der Waals surface area contributed by atoms with E-state index in [1.165, 1.54) is 77.3 Å². The standard InChI is InChI=1S/C10H23N.C9H19NS2/c1-3-5-7-9-11-10-8-6-4-2;1-3-5-7-10(9(11)12)8-6-4-2/h11H,3-10H2,1-2H3;3-8H2,1-2H3,(H,11,12). The number of thiocarbonyl (C=S) groups is 1. The summed E-state index contributed by atoms with van der Waals surface area (Å²) in [6, 6.07) is 0. The zero-order chi connectivity index (χ0) is 17.8. The van der Waals surface area contributed by atoms with Crippen LogP contribution in [0.4, 0.5) is 0 Å². The molecule has 0 rings (SSSR count). The van der Waals surface area contributed by atoms with E-state index in [0.717, 1.165) is 17.4 Å². The Balaban J connectivity index is 0. The summed E-state index contributed by atoms with van der Waals surface area (Å²) in [5.41, 5.74) is 0. The van der Waals surface area contributed by atoms with Gasteiger partial charge in [0.05, 0.1) is 0 Å². The Kier molecular flexibility index (Phi) is 24.6. The van der Waals surface area contributed by atoms with Gasteiger partial charge in [-0.15, -0.1) is 12.6 Å². The van der Waals surface area contributed by atoms with Crippen molar-refractivity contribution < 1.29 is 0 Å². The van der Waals surface area contributed by atoms with Crippen LogP contribution < -0.4 is 5.32 Å². The minimum Gasteiger partial charge on any atom is -0.358 e. The summed E-state index contributed by atoms with van der Waals surface area (Å²) in [6.45, 7) is 13.5. The van der Waals surface area contributed by atoms with Crippen LogP contribution in [0.1, 0.15) is 91.9 Å². The number of nitrogens with zero attached hydrogens (tertiary/aromatic N) is 1. The van der Waals surface area contributed by atoms with Gasteiger partial charge in [0.15, 0.2) is 0 Å². The van der Waals surface area contributed by atoms with Crippen LogP contribution in [0.5, 0.6) is 0 Å². The topological polar surface area (TPSA) is 15.3 Å². The zero-order valence-electron chi connectivity index (χ0n) is 16.2. The molecule has 0 amide bonds. The molecule has 0 aromatic rings. The Bertz CT molecular complexity index is 219. The highest BCUT2D eigenvalue weighted by Crippen LogP contribution is 2.03. The van der Waals surface area contributed by atoms with Crippen LogP contribution in [0, 0.1) is 0 Å². The molecule has 0 radical (unpaired) electrons. The Morgan fingerprint density at radius 3 is 1.43 bits per heavy atom. The predicted molar refractivity (Wildman–Crippen MR) is 115 cm³/mol. The molecule has 0 fully saturated rings. The average Bonchev–Trinajstić information content (AvgIpc) is 2.54. The molecule has 1 N–H and O–H groups in total. The predicted octanol–water partition coefficient (Wildman–Crippen LogP) is 6.06. The third-order valence-corrected chi connectivity index (χ3v) is 4.29. The summed E-state index contributed by atoms with van der Waals surface area (Å²) in [5.74, 6) is 0. The summed E-state index contributed by atoms with van der Waals surface area (Å²) in [4.78, 5) is 2.19. The largest absolute Gasteiger partial charge is 0.358 e. The molecule has 0 aliphatic heterocycles. The van der Waals surface area contributed by atoms with Gasteiger partial charge in [-0.25, -0.2) is 0 Å². The van der Waals surface area contributed by atoms with Crippen molar-refractivity contribution in [3.8, 4) is 0 Å². The van der Waals surface area contributed by atoms with E-state index in [9.17, 15) is 0 Å². The summed E-state index contributed by atoms with van der Waals surface area (Å²) in [5, 5.41) is 3.46. The van der Waals surface area contributed by atoms with Crippen molar-refractivity contribution in [3.63, 3.8) is 0 Å². The second-order valence-electron chi connectivity index (χ2n) is 6.14. The third-order valence-electron chi connectivity index (χ3n) is 3.75. The molecule has 0 heterocycles. The first kappa shape index (κ1) is 25.4.